The summed E-state index contributed by atoms with van der Waals surface area (Å²) in [4.78, 5) is 28.2. The molecule has 3 aromatic carbocycles. The van der Waals surface area contributed by atoms with Crippen molar-refractivity contribution in [1.29, 1.82) is 0 Å². The molecule has 0 aliphatic heterocycles. The lowest BCUT2D eigenvalue weighted by Crippen LogP contribution is -2.51. The Balaban J connectivity index is 1.99. The van der Waals surface area contributed by atoms with Crippen LogP contribution < -0.4 is 14.4 Å². The molecule has 0 unspecified atom stereocenters. The van der Waals surface area contributed by atoms with Gasteiger partial charge in [-0.05, 0) is 67.4 Å². The molecule has 0 aliphatic carbocycles. The van der Waals surface area contributed by atoms with Crippen LogP contribution in [0.4, 0.5) is 5.69 Å². The third kappa shape index (κ3) is 7.35. The third-order valence-corrected chi connectivity index (χ3v) is 8.27. The molecule has 0 spiro atoms. The Morgan fingerprint density at radius 1 is 0.974 bits per heavy atom. The van der Waals surface area contributed by atoms with Gasteiger partial charge in [0.2, 0.25) is 11.8 Å². The van der Waals surface area contributed by atoms with E-state index in [4.69, 9.17) is 4.74 Å². The summed E-state index contributed by atoms with van der Waals surface area (Å²) in [5.74, 6) is -0.159. The van der Waals surface area contributed by atoms with Crippen molar-refractivity contribution in [2.24, 2.45) is 0 Å². The van der Waals surface area contributed by atoms with Gasteiger partial charge < -0.3 is 15.0 Å². The van der Waals surface area contributed by atoms with Crippen molar-refractivity contribution in [3.8, 4) is 5.75 Å². The molecule has 0 saturated heterocycles. The van der Waals surface area contributed by atoms with Gasteiger partial charge in [-0.3, -0.25) is 13.9 Å². The molecule has 3 aromatic rings. The number of anilines is 1. The van der Waals surface area contributed by atoms with Crippen molar-refractivity contribution < 1.29 is 22.7 Å². The van der Waals surface area contributed by atoms with E-state index in [0.717, 1.165) is 20.8 Å². The molecule has 0 radical (unpaired) electrons. The van der Waals surface area contributed by atoms with Gasteiger partial charge in [0.25, 0.3) is 10.0 Å². The molecule has 3 rings (SSSR count). The minimum Gasteiger partial charge on any atom is -0.497 e. The van der Waals surface area contributed by atoms with Crippen molar-refractivity contribution >= 4 is 43.5 Å². The first-order chi connectivity index (χ1) is 18.2. The van der Waals surface area contributed by atoms with Crippen LogP contribution in [0.25, 0.3) is 0 Å². The van der Waals surface area contributed by atoms with Crippen LogP contribution in [0.15, 0.2) is 88.2 Å². The van der Waals surface area contributed by atoms with Crippen LogP contribution in [0, 0.1) is 0 Å². The first-order valence-electron chi connectivity index (χ1n) is 12.2. The lowest BCUT2D eigenvalue weighted by Gasteiger charge is -2.32. The van der Waals surface area contributed by atoms with E-state index < -0.39 is 28.5 Å². The number of rotatable bonds is 12. The number of hydrogen-bond donors (Lipinski definition) is 1. The van der Waals surface area contributed by atoms with Gasteiger partial charge in [0.1, 0.15) is 18.3 Å². The molecule has 1 N–H and O–H groups in total. The number of nitrogens with one attached hydrogen (secondary N) is 1. The maximum Gasteiger partial charge on any atom is 0.264 e. The molecule has 10 heteroatoms. The standard InChI is InChI=1S/C28H32BrN3O5S/c1-4-18-30-28(34)21(2)31(19-22-10-16-25(37-3)17-11-22)27(33)20-32(24-14-12-23(29)13-15-24)38(35,36)26-8-6-5-7-9-26/h5-17,21H,4,18-20H2,1-3H3,(H,30,34)/t21-/m1/s1. The van der Waals surface area contributed by atoms with Crippen LogP contribution in [-0.4, -0.2) is 51.4 Å². The molecule has 202 valence electrons. The number of hydrogen-bond acceptors (Lipinski definition) is 5. The Morgan fingerprint density at radius 3 is 2.18 bits per heavy atom. The molecule has 2 amide bonds. The summed E-state index contributed by atoms with van der Waals surface area (Å²) in [5, 5.41) is 2.83. The van der Waals surface area contributed by atoms with E-state index in [1.165, 1.54) is 17.0 Å². The molecule has 0 bridgehead atoms. The zero-order valence-electron chi connectivity index (χ0n) is 21.6. The maximum absolute atomic E-state index is 13.8. The largest absolute Gasteiger partial charge is 0.497 e. The number of nitrogens with zero attached hydrogens (tertiary/aromatic N) is 2. The number of halogens is 1. The number of carbonyl (C=O) groups is 2. The smallest absolute Gasteiger partial charge is 0.264 e. The van der Waals surface area contributed by atoms with Gasteiger partial charge in [-0.15, -0.1) is 0 Å². The van der Waals surface area contributed by atoms with Crippen molar-refractivity contribution in [3.63, 3.8) is 0 Å². The lowest BCUT2D eigenvalue weighted by atomic mass is 10.1. The maximum atomic E-state index is 13.8. The van der Waals surface area contributed by atoms with Crippen molar-refractivity contribution in [2.45, 2.75) is 37.8 Å². The summed E-state index contributed by atoms with van der Waals surface area (Å²) in [6.07, 6.45) is 0.748. The van der Waals surface area contributed by atoms with E-state index in [9.17, 15) is 18.0 Å². The minimum atomic E-state index is -4.08. The molecule has 38 heavy (non-hydrogen) atoms. The highest BCUT2D eigenvalue weighted by atomic mass is 79.9. The first kappa shape index (κ1) is 29.2. The van der Waals surface area contributed by atoms with Gasteiger partial charge >= 0.3 is 0 Å². The molecule has 0 heterocycles. The van der Waals surface area contributed by atoms with Gasteiger partial charge in [0.05, 0.1) is 17.7 Å². The molecule has 1 atom stereocenters. The van der Waals surface area contributed by atoms with Crippen LogP contribution in [0.1, 0.15) is 25.8 Å². The minimum absolute atomic E-state index is 0.0613. The lowest BCUT2D eigenvalue weighted by molar-refractivity contribution is -0.139. The fraction of sp³-hybridized carbons (Fsp3) is 0.286. The average molecular weight is 603 g/mol. The Bertz CT molecular complexity index is 1320. The topological polar surface area (TPSA) is 96.0 Å². The van der Waals surface area contributed by atoms with Gasteiger partial charge in [-0.25, -0.2) is 8.42 Å². The van der Waals surface area contributed by atoms with Crippen LogP contribution in [0.2, 0.25) is 0 Å². The number of ether oxygens (including phenoxy) is 1. The predicted molar refractivity (Wildman–Crippen MR) is 151 cm³/mol. The monoisotopic (exact) mass is 601 g/mol. The molecule has 0 aliphatic rings. The highest BCUT2D eigenvalue weighted by Crippen LogP contribution is 2.26. The number of benzene rings is 3. The Kier molecular flexibility index (Phi) is 10.3. The van der Waals surface area contributed by atoms with E-state index in [1.807, 2.05) is 19.1 Å². The molecule has 8 nitrogen and oxygen atoms in total. The summed E-state index contributed by atoms with van der Waals surface area (Å²) in [5.41, 5.74) is 1.10. The van der Waals surface area contributed by atoms with Gasteiger partial charge in [0, 0.05) is 17.6 Å². The van der Waals surface area contributed by atoms with Crippen molar-refractivity contribution in [2.75, 3.05) is 24.5 Å². The zero-order valence-corrected chi connectivity index (χ0v) is 24.0. The van der Waals surface area contributed by atoms with Crippen molar-refractivity contribution in [1.82, 2.24) is 10.2 Å². The second-order valence-electron chi connectivity index (χ2n) is 8.64. The first-order valence-corrected chi connectivity index (χ1v) is 14.4. The van der Waals surface area contributed by atoms with E-state index >= 15 is 0 Å². The summed E-state index contributed by atoms with van der Waals surface area (Å²) in [7, 11) is -2.52. The second-order valence-corrected chi connectivity index (χ2v) is 11.4. The average Bonchev–Trinajstić information content (AvgIpc) is 2.94. The van der Waals surface area contributed by atoms with E-state index in [0.29, 0.717) is 18.0 Å². The number of carbonyl (C=O) groups excluding carboxylic acids is 2. The summed E-state index contributed by atoms with van der Waals surface area (Å²) in [6, 6.07) is 21.0. The molecule has 0 aromatic heterocycles. The summed E-state index contributed by atoms with van der Waals surface area (Å²) >= 11 is 3.37. The summed E-state index contributed by atoms with van der Waals surface area (Å²) < 4.78 is 34.5. The Hall–Kier alpha value is -3.37. The van der Waals surface area contributed by atoms with Crippen LogP contribution in [0.5, 0.6) is 5.75 Å². The van der Waals surface area contributed by atoms with E-state index in [-0.39, 0.29) is 17.3 Å². The number of methoxy groups -OCH3 is 1. The van der Waals surface area contributed by atoms with Gasteiger partial charge in [-0.2, -0.15) is 0 Å². The predicted octanol–water partition coefficient (Wildman–Crippen LogP) is 4.60. The van der Waals surface area contributed by atoms with Crippen LogP contribution >= 0.6 is 15.9 Å². The van der Waals surface area contributed by atoms with Crippen LogP contribution in [-0.2, 0) is 26.2 Å². The van der Waals surface area contributed by atoms with Crippen LogP contribution in [0.3, 0.4) is 0 Å². The van der Waals surface area contributed by atoms with Gasteiger partial charge in [-0.1, -0.05) is 53.2 Å². The highest BCUT2D eigenvalue weighted by molar-refractivity contribution is 9.10. The Morgan fingerprint density at radius 2 is 1.61 bits per heavy atom. The Labute approximate surface area is 232 Å². The second kappa shape index (κ2) is 13.4. The zero-order chi connectivity index (χ0) is 27.7. The van der Waals surface area contributed by atoms with E-state index in [2.05, 4.69) is 21.2 Å². The summed E-state index contributed by atoms with van der Waals surface area (Å²) in [6.45, 7) is 3.68. The number of sulfonamides is 1. The van der Waals surface area contributed by atoms with E-state index in [1.54, 1.807) is 68.6 Å². The highest BCUT2D eigenvalue weighted by Gasteiger charge is 2.32. The molecular formula is C28H32BrN3O5S. The number of amides is 2. The quantitative estimate of drug-likeness (QED) is 0.327. The fourth-order valence-corrected chi connectivity index (χ4v) is 5.46. The molecular weight excluding hydrogens is 570 g/mol. The molecule has 0 fully saturated rings. The van der Waals surface area contributed by atoms with Crippen molar-refractivity contribution in [3.05, 3.63) is 88.9 Å². The normalized spacial score (nSPS) is 11.9. The van der Waals surface area contributed by atoms with Gasteiger partial charge in [0.15, 0.2) is 0 Å². The fourth-order valence-electron chi connectivity index (χ4n) is 3.76. The SMILES string of the molecule is CCCNC(=O)[C@@H](C)N(Cc1ccc(OC)cc1)C(=O)CN(c1ccc(Br)cc1)S(=O)(=O)c1ccccc1. The third-order valence-electron chi connectivity index (χ3n) is 5.95. The molecule has 0 saturated carbocycles.